The van der Waals surface area contributed by atoms with E-state index < -0.39 is 12.0 Å². The second-order valence-electron chi connectivity index (χ2n) is 4.68. The average molecular weight is 251 g/mol. The number of carboxylic acid groups (broad SMARTS) is 1. The quantitative estimate of drug-likeness (QED) is 0.872. The van der Waals surface area contributed by atoms with Crippen LogP contribution in [0.2, 0.25) is 0 Å². The number of carbonyl (C=O) groups is 2. The van der Waals surface area contributed by atoms with Crippen LogP contribution in [0.1, 0.15) is 41.1 Å². The summed E-state index contributed by atoms with van der Waals surface area (Å²) in [6.45, 7) is 3.99. The highest BCUT2D eigenvalue weighted by Gasteiger charge is 2.33. The van der Waals surface area contributed by atoms with Gasteiger partial charge >= 0.3 is 5.97 Å². The molecule has 1 aliphatic heterocycles. The molecule has 2 rings (SSSR count). The number of aryl methyl sites for hydroxylation is 2. The van der Waals surface area contributed by atoms with Crippen LogP contribution in [0.15, 0.2) is 10.5 Å². The fraction of sp³-hybridized carbons (Fsp3) is 0.538. The second kappa shape index (κ2) is 4.84. The van der Waals surface area contributed by atoms with Gasteiger partial charge in [-0.2, -0.15) is 0 Å². The van der Waals surface area contributed by atoms with Gasteiger partial charge < -0.3 is 14.4 Å². The summed E-state index contributed by atoms with van der Waals surface area (Å²) in [5.74, 6) is 0.0457. The molecule has 1 saturated heterocycles. The summed E-state index contributed by atoms with van der Waals surface area (Å²) in [4.78, 5) is 25.0. The Hall–Kier alpha value is -1.78. The van der Waals surface area contributed by atoms with Gasteiger partial charge in [-0.05, 0) is 39.2 Å². The molecule has 1 unspecified atom stereocenters. The Balaban J connectivity index is 2.26. The molecule has 1 fully saturated rings. The lowest BCUT2D eigenvalue weighted by Crippen LogP contribution is -2.48. The minimum atomic E-state index is -0.930. The Bertz CT molecular complexity index is 477. The molecule has 1 atom stereocenters. The van der Waals surface area contributed by atoms with Crippen molar-refractivity contribution in [2.75, 3.05) is 6.54 Å². The van der Waals surface area contributed by atoms with Crippen LogP contribution in [0.4, 0.5) is 0 Å². The van der Waals surface area contributed by atoms with Crippen LogP contribution < -0.4 is 0 Å². The summed E-state index contributed by atoms with van der Waals surface area (Å²) in [6.07, 6.45) is 2.23. The summed E-state index contributed by atoms with van der Waals surface area (Å²) < 4.78 is 5.33. The van der Waals surface area contributed by atoms with E-state index in [4.69, 9.17) is 9.52 Å². The van der Waals surface area contributed by atoms with Crippen molar-refractivity contribution in [1.29, 1.82) is 0 Å². The maximum Gasteiger partial charge on any atom is 0.326 e. The van der Waals surface area contributed by atoms with Crippen molar-refractivity contribution in [3.05, 3.63) is 23.2 Å². The molecular formula is C13H17NO4. The number of amides is 1. The lowest BCUT2D eigenvalue weighted by molar-refractivity contribution is -0.143. The van der Waals surface area contributed by atoms with Crippen molar-refractivity contribution >= 4 is 11.9 Å². The lowest BCUT2D eigenvalue weighted by atomic mass is 10.0. The molecule has 18 heavy (non-hydrogen) atoms. The first-order chi connectivity index (χ1) is 8.50. The molecule has 0 aliphatic carbocycles. The fourth-order valence-electron chi connectivity index (χ4n) is 2.43. The Morgan fingerprint density at radius 2 is 2.11 bits per heavy atom. The van der Waals surface area contributed by atoms with Crippen molar-refractivity contribution in [2.24, 2.45) is 0 Å². The third kappa shape index (κ3) is 2.25. The number of hydrogen-bond acceptors (Lipinski definition) is 3. The first-order valence-electron chi connectivity index (χ1n) is 6.11. The Morgan fingerprint density at radius 1 is 1.39 bits per heavy atom. The number of carbonyl (C=O) groups excluding carboxylic acids is 1. The molecule has 0 aromatic carbocycles. The van der Waals surface area contributed by atoms with Crippen LogP contribution >= 0.6 is 0 Å². The van der Waals surface area contributed by atoms with E-state index in [0.717, 1.165) is 12.8 Å². The van der Waals surface area contributed by atoms with Gasteiger partial charge in [-0.1, -0.05) is 0 Å². The van der Waals surface area contributed by atoms with E-state index in [1.807, 2.05) is 0 Å². The van der Waals surface area contributed by atoms with Crippen LogP contribution in [0.5, 0.6) is 0 Å². The SMILES string of the molecule is Cc1cc(C(=O)N2CCCCC2C(=O)O)c(C)o1. The van der Waals surface area contributed by atoms with Gasteiger partial charge in [0, 0.05) is 6.54 Å². The van der Waals surface area contributed by atoms with E-state index in [2.05, 4.69) is 0 Å². The van der Waals surface area contributed by atoms with Crippen LogP contribution in [-0.2, 0) is 4.79 Å². The molecule has 5 nitrogen and oxygen atoms in total. The number of piperidine rings is 1. The minimum Gasteiger partial charge on any atom is -0.480 e. The van der Waals surface area contributed by atoms with Gasteiger partial charge in [-0.15, -0.1) is 0 Å². The standard InChI is InChI=1S/C13H17NO4/c1-8-7-10(9(2)18-8)12(15)14-6-4-3-5-11(14)13(16)17/h7,11H,3-6H2,1-2H3,(H,16,17). The Labute approximate surface area is 105 Å². The van der Waals surface area contributed by atoms with Crippen molar-refractivity contribution in [1.82, 2.24) is 4.90 Å². The predicted molar refractivity (Wildman–Crippen MR) is 64.5 cm³/mol. The van der Waals surface area contributed by atoms with E-state index >= 15 is 0 Å². The third-order valence-electron chi connectivity index (χ3n) is 3.32. The maximum absolute atomic E-state index is 12.4. The molecule has 2 heterocycles. The third-order valence-corrected chi connectivity index (χ3v) is 3.32. The van der Waals surface area contributed by atoms with Crippen molar-refractivity contribution in [3.63, 3.8) is 0 Å². The number of carboxylic acids is 1. The summed E-state index contributed by atoms with van der Waals surface area (Å²) >= 11 is 0. The molecule has 1 aliphatic rings. The Morgan fingerprint density at radius 3 is 2.67 bits per heavy atom. The van der Waals surface area contributed by atoms with Gasteiger partial charge in [0.15, 0.2) is 0 Å². The highest BCUT2D eigenvalue weighted by Crippen LogP contribution is 2.22. The highest BCUT2D eigenvalue weighted by molar-refractivity contribution is 5.97. The van der Waals surface area contributed by atoms with Gasteiger partial charge in [-0.25, -0.2) is 4.79 Å². The second-order valence-corrected chi connectivity index (χ2v) is 4.68. The Kier molecular flexibility index (Phi) is 3.41. The molecule has 0 saturated carbocycles. The molecule has 5 heteroatoms. The number of likely N-dealkylation sites (tertiary alicyclic amines) is 1. The zero-order chi connectivity index (χ0) is 13.3. The number of rotatable bonds is 2. The predicted octanol–water partition coefficient (Wildman–Crippen LogP) is 1.98. The van der Waals surface area contributed by atoms with Crippen LogP contribution in [0.25, 0.3) is 0 Å². The van der Waals surface area contributed by atoms with Gasteiger partial charge in [0.2, 0.25) is 0 Å². The molecule has 1 aromatic heterocycles. The summed E-state index contributed by atoms with van der Waals surface area (Å²) in [6, 6.07) is 0.964. The van der Waals surface area contributed by atoms with E-state index in [0.29, 0.717) is 30.0 Å². The molecule has 0 bridgehead atoms. The number of hydrogen-bond donors (Lipinski definition) is 1. The number of furan rings is 1. The maximum atomic E-state index is 12.4. The van der Waals surface area contributed by atoms with Crippen molar-refractivity contribution in [2.45, 2.75) is 39.2 Å². The van der Waals surface area contributed by atoms with Gasteiger partial charge in [0.25, 0.3) is 5.91 Å². The largest absolute Gasteiger partial charge is 0.480 e. The lowest BCUT2D eigenvalue weighted by Gasteiger charge is -2.32. The molecule has 1 N–H and O–H groups in total. The zero-order valence-electron chi connectivity index (χ0n) is 10.6. The van der Waals surface area contributed by atoms with Gasteiger partial charge in [0.1, 0.15) is 17.6 Å². The first kappa shape index (κ1) is 12.7. The van der Waals surface area contributed by atoms with Crippen LogP contribution in [0, 0.1) is 13.8 Å². The topological polar surface area (TPSA) is 70.8 Å². The smallest absolute Gasteiger partial charge is 0.326 e. The van der Waals surface area contributed by atoms with Crippen molar-refractivity contribution in [3.8, 4) is 0 Å². The normalized spacial score (nSPS) is 19.9. The highest BCUT2D eigenvalue weighted by atomic mass is 16.4. The first-order valence-corrected chi connectivity index (χ1v) is 6.11. The monoisotopic (exact) mass is 251 g/mol. The van der Waals surface area contributed by atoms with E-state index in [-0.39, 0.29) is 5.91 Å². The summed E-state index contributed by atoms with van der Waals surface area (Å²) in [5.41, 5.74) is 0.473. The molecule has 1 aromatic rings. The van der Waals surface area contributed by atoms with Crippen LogP contribution in [0.3, 0.4) is 0 Å². The zero-order valence-corrected chi connectivity index (χ0v) is 10.6. The molecule has 0 spiro atoms. The molecule has 0 radical (unpaired) electrons. The summed E-state index contributed by atoms with van der Waals surface area (Å²) in [5, 5.41) is 9.16. The average Bonchev–Trinajstić information content (AvgIpc) is 2.67. The number of nitrogens with zero attached hydrogens (tertiary/aromatic N) is 1. The van der Waals surface area contributed by atoms with E-state index in [1.165, 1.54) is 4.90 Å². The fourth-order valence-corrected chi connectivity index (χ4v) is 2.43. The minimum absolute atomic E-state index is 0.239. The molecule has 1 amide bonds. The van der Waals surface area contributed by atoms with E-state index in [9.17, 15) is 9.59 Å². The molecule has 98 valence electrons. The molecular weight excluding hydrogens is 234 g/mol. The van der Waals surface area contributed by atoms with Gasteiger partial charge in [-0.3, -0.25) is 4.79 Å². The van der Waals surface area contributed by atoms with E-state index in [1.54, 1.807) is 19.9 Å². The van der Waals surface area contributed by atoms with Crippen LogP contribution in [-0.4, -0.2) is 34.5 Å². The summed E-state index contributed by atoms with van der Waals surface area (Å²) in [7, 11) is 0. The number of aliphatic carboxylic acids is 1. The van der Waals surface area contributed by atoms with Crippen molar-refractivity contribution < 1.29 is 19.1 Å². The van der Waals surface area contributed by atoms with Gasteiger partial charge in [0.05, 0.1) is 5.56 Å².